The Balaban J connectivity index is 1.57. The second kappa shape index (κ2) is 7.83. The van der Waals surface area contributed by atoms with Crippen LogP contribution in [0.25, 0.3) is 0 Å². The van der Waals surface area contributed by atoms with E-state index in [1.165, 1.54) is 19.3 Å². The molecule has 0 aliphatic heterocycles. The second-order valence-electron chi connectivity index (χ2n) is 11.9. The Morgan fingerprint density at radius 1 is 1.10 bits per heavy atom. The van der Waals surface area contributed by atoms with E-state index < -0.39 is 0 Å². The molecule has 4 aliphatic carbocycles. The molecular weight excluding hydrogens is 356 g/mol. The number of aliphatic hydroxyl groups excluding tert-OH is 2. The Hall–Kier alpha value is -0.600. The lowest BCUT2D eigenvalue weighted by Gasteiger charge is -2.58. The van der Waals surface area contributed by atoms with Crippen LogP contribution in [0.1, 0.15) is 86.0 Å². The van der Waals surface area contributed by atoms with Gasteiger partial charge in [0.1, 0.15) is 0 Å². The van der Waals surface area contributed by atoms with Crippen LogP contribution in [-0.2, 0) is 0 Å². The summed E-state index contributed by atoms with van der Waals surface area (Å²) < 4.78 is 0. The van der Waals surface area contributed by atoms with Crippen LogP contribution >= 0.6 is 0 Å². The number of hydrogen-bond donors (Lipinski definition) is 2. The number of fused-ring (bicyclic) bond motifs is 5. The van der Waals surface area contributed by atoms with E-state index in [0.29, 0.717) is 29.6 Å². The van der Waals surface area contributed by atoms with Crippen LogP contribution in [0.5, 0.6) is 0 Å². The minimum atomic E-state index is -0.159. The predicted molar refractivity (Wildman–Crippen MR) is 120 cm³/mol. The maximum atomic E-state index is 11.2. The molecule has 2 nitrogen and oxygen atoms in total. The maximum Gasteiger partial charge on any atom is 0.0582 e. The molecule has 4 aliphatic rings. The Kier molecular flexibility index (Phi) is 5.84. The van der Waals surface area contributed by atoms with Crippen molar-refractivity contribution < 1.29 is 10.2 Å². The Morgan fingerprint density at radius 2 is 1.86 bits per heavy atom. The van der Waals surface area contributed by atoms with Gasteiger partial charge in [0.15, 0.2) is 0 Å². The third kappa shape index (κ3) is 3.57. The van der Waals surface area contributed by atoms with Gasteiger partial charge in [-0.2, -0.15) is 0 Å². The first-order valence-electron chi connectivity index (χ1n) is 12.4. The molecule has 0 amide bonds. The van der Waals surface area contributed by atoms with Crippen molar-refractivity contribution in [3.63, 3.8) is 0 Å². The zero-order valence-electron chi connectivity index (χ0n) is 19.4. The monoisotopic (exact) mass is 400 g/mol. The lowest BCUT2D eigenvalue weighted by molar-refractivity contribution is -0.0575. The van der Waals surface area contributed by atoms with Crippen molar-refractivity contribution in [2.24, 2.45) is 46.3 Å². The minimum absolute atomic E-state index is 0.129. The molecule has 0 spiro atoms. The van der Waals surface area contributed by atoms with Gasteiger partial charge < -0.3 is 10.2 Å². The first-order valence-corrected chi connectivity index (χ1v) is 12.4. The van der Waals surface area contributed by atoms with Crippen molar-refractivity contribution >= 4 is 0 Å². The number of rotatable bonds is 4. The molecule has 3 saturated carbocycles. The first kappa shape index (κ1) is 21.6. The van der Waals surface area contributed by atoms with Gasteiger partial charge in [0.2, 0.25) is 0 Å². The normalized spacial score (nSPS) is 48.2. The summed E-state index contributed by atoms with van der Waals surface area (Å²) in [6.07, 6.45) is 15.8. The standard InChI is InChI=1S/C27H44O2/c1-17(2)7-6-8-18(3)25-24(29)16-23-21-10-9-19-15-20(28)11-13-26(19,4)22(21)12-14-27(23,25)5/h6,8-9,17-18,20-25,28-29H,7,10-16H2,1-5H3/t18-,20+,21-,22+,23+,24?,25+,26+,27+/m1/s1. The molecule has 3 fully saturated rings. The summed E-state index contributed by atoms with van der Waals surface area (Å²) in [4.78, 5) is 0. The molecule has 164 valence electrons. The quantitative estimate of drug-likeness (QED) is 0.557. The summed E-state index contributed by atoms with van der Waals surface area (Å²) in [5.74, 6) is 3.64. The highest BCUT2D eigenvalue weighted by molar-refractivity contribution is 5.26. The van der Waals surface area contributed by atoms with Gasteiger partial charge in [-0.15, -0.1) is 0 Å². The molecule has 0 aromatic carbocycles. The van der Waals surface area contributed by atoms with Crippen molar-refractivity contribution in [1.29, 1.82) is 0 Å². The molecule has 0 saturated heterocycles. The van der Waals surface area contributed by atoms with Crippen molar-refractivity contribution in [3.05, 3.63) is 23.8 Å². The Morgan fingerprint density at radius 3 is 2.59 bits per heavy atom. The SMILES string of the molecule is CC(C)CC=C[C@@H](C)[C@H]1C(O)C[C@H]2[C@@H]3CC=C4C[C@@H](O)CC[C@]4(C)[C@H]3CC[C@]12C. The molecule has 9 atom stereocenters. The van der Waals surface area contributed by atoms with Crippen LogP contribution in [0.3, 0.4) is 0 Å². The fraction of sp³-hybridized carbons (Fsp3) is 0.852. The summed E-state index contributed by atoms with van der Waals surface area (Å²) >= 11 is 0. The highest BCUT2D eigenvalue weighted by Gasteiger charge is 2.61. The third-order valence-electron chi connectivity index (χ3n) is 9.80. The molecule has 29 heavy (non-hydrogen) atoms. The van der Waals surface area contributed by atoms with Gasteiger partial charge in [-0.3, -0.25) is 0 Å². The molecule has 0 bridgehead atoms. The van der Waals surface area contributed by atoms with Crippen LogP contribution in [0, 0.1) is 46.3 Å². The number of allylic oxidation sites excluding steroid dienone is 3. The molecule has 2 N–H and O–H groups in total. The van der Waals surface area contributed by atoms with Gasteiger partial charge in [-0.1, -0.05) is 58.4 Å². The zero-order valence-corrected chi connectivity index (χ0v) is 19.4. The smallest absolute Gasteiger partial charge is 0.0582 e. The first-order chi connectivity index (χ1) is 13.7. The van der Waals surface area contributed by atoms with Crippen LogP contribution in [0.4, 0.5) is 0 Å². The van der Waals surface area contributed by atoms with E-state index in [-0.39, 0.29) is 23.0 Å². The molecule has 1 unspecified atom stereocenters. The van der Waals surface area contributed by atoms with Gasteiger partial charge in [-0.05, 0) is 97.7 Å². The fourth-order valence-electron chi connectivity index (χ4n) is 8.33. The average molecular weight is 401 g/mol. The van der Waals surface area contributed by atoms with Gasteiger partial charge in [-0.25, -0.2) is 0 Å². The zero-order chi connectivity index (χ0) is 21.0. The van der Waals surface area contributed by atoms with E-state index in [9.17, 15) is 10.2 Å². The van der Waals surface area contributed by atoms with Crippen LogP contribution < -0.4 is 0 Å². The number of aliphatic hydroxyl groups is 2. The highest BCUT2D eigenvalue weighted by atomic mass is 16.3. The molecular formula is C27H44O2. The molecule has 0 aromatic heterocycles. The van der Waals surface area contributed by atoms with E-state index >= 15 is 0 Å². The topological polar surface area (TPSA) is 40.5 Å². The van der Waals surface area contributed by atoms with Crippen LogP contribution in [0.2, 0.25) is 0 Å². The minimum Gasteiger partial charge on any atom is -0.393 e. The summed E-state index contributed by atoms with van der Waals surface area (Å²) in [5.41, 5.74) is 2.09. The third-order valence-corrected chi connectivity index (χ3v) is 9.80. The van der Waals surface area contributed by atoms with Crippen LogP contribution in [-0.4, -0.2) is 22.4 Å². The van der Waals surface area contributed by atoms with Crippen LogP contribution in [0.15, 0.2) is 23.8 Å². The van der Waals surface area contributed by atoms with Crippen molar-refractivity contribution in [3.8, 4) is 0 Å². The lowest BCUT2D eigenvalue weighted by atomic mass is 9.47. The lowest BCUT2D eigenvalue weighted by Crippen LogP contribution is -2.51. The Labute approximate surface area is 178 Å². The van der Waals surface area contributed by atoms with Gasteiger partial charge in [0, 0.05) is 0 Å². The molecule has 2 heteroatoms. The average Bonchev–Trinajstić information content (AvgIpc) is 2.92. The fourth-order valence-corrected chi connectivity index (χ4v) is 8.33. The van der Waals surface area contributed by atoms with E-state index in [1.54, 1.807) is 5.57 Å². The molecule has 0 aromatic rings. The summed E-state index contributed by atoms with van der Waals surface area (Å²) in [6.45, 7) is 11.9. The Bertz CT molecular complexity index is 663. The predicted octanol–water partition coefficient (Wildman–Crippen LogP) is 6.14. The summed E-state index contributed by atoms with van der Waals surface area (Å²) in [5, 5.41) is 21.4. The molecule has 0 heterocycles. The van der Waals surface area contributed by atoms with Crippen molar-refractivity contribution in [2.75, 3.05) is 0 Å². The second-order valence-corrected chi connectivity index (χ2v) is 11.9. The van der Waals surface area contributed by atoms with Gasteiger partial charge >= 0.3 is 0 Å². The van der Waals surface area contributed by atoms with E-state index in [0.717, 1.165) is 38.0 Å². The largest absolute Gasteiger partial charge is 0.393 e. The van der Waals surface area contributed by atoms with Gasteiger partial charge in [0.25, 0.3) is 0 Å². The van der Waals surface area contributed by atoms with Crippen molar-refractivity contribution in [2.45, 2.75) is 98.2 Å². The van der Waals surface area contributed by atoms with Gasteiger partial charge in [0.05, 0.1) is 12.2 Å². The maximum absolute atomic E-state index is 11.2. The van der Waals surface area contributed by atoms with E-state index in [4.69, 9.17) is 0 Å². The van der Waals surface area contributed by atoms with E-state index in [1.807, 2.05) is 0 Å². The molecule has 0 radical (unpaired) electrons. The summed E-state index contributed by atoms with van der Waals surface area (Å²) in [7, 11) is 0. The highest BCUT2D eigenvalue weighted by Crippen LogP contribution is 2.67. The summed E-state index contributed by atoms with van der Waals surface area (Å²) in [6, 6.07) is 0. The van der Waals surface area contributed by atoms with Crippen molar-refractivity contribution in [1.82, 2.24) is 0 Å². The molecule has 4 rings (SSSR count). The van der Waals surface area contributed by atoms with E-state index in [2.05, 4.69) is 52.8 Å². The number of hydrogen-bond acceptors (Lipinski definition) is 2.